The van der Waals surface area contributed by atoms with E-state index in [0.717, 1.165) is 21.5 Å². The first-order valence-corrected chi connectivity index (χ1v) is 6.26. The molecule has 1 aromatic heterocycles. The van der Waals surface area contributed by atoms with E-state index in [1.54, 1.807) is 0 Å². The molecule has 1 heterocycles. The van der Waals surface area contributed by atoms with E-state index < -0.39 is 0 Å². The molecule has 0 aliphatic heterocycles. The zero-order chi connectivity index (χ0) is 12.4. The van der Waals surface area contributed by atoms with Gasteiger partial charge in [0, 0.05) is 28.8 Å². The summed E-state index contributed by atoms with van der Waals surface area (Å²) in [5.41, 5.74) is 1.85. The van der Waals surface area contributed by atoms with Gasteiger partial charge in [0.1, 0.15) is 5.82 Å². The van der Waals surface area contributed by atoms with Gasteiger partial charge in [-0.3, -0.25) is 0 Å². The van der Waals surface area contributed by atoms with Crippen molar-refractivity contribution in [3.63, 3.8) is 0 Å². The fourth-order valence-electron chi connectivity index (χ4n) is 1.46. The fraction of sp³-hybridized carbons (Fsp3) is 0.167. The highest BCUT2D eigenvalue weighted by molar-refractivity contribution is 9.10. The van der Waals surface area contributed by atoms with Gasteiger partial charge in [0.15, 0.2) is 5.82 Å². The quantitative estimate of drug-likeness (QED) is 0.913. The molecular weight excluding hydrogens is 302 g/mol. The number of aromatic nitrogens is 2. The summed E-state index contributed by atoms with van der Waals surface area (Å²) in [6, 6.07) is 7.54. The lowest BCUT2D eigenvalue weighted by atomic mass is 10.2. The molecule has 0 amide bonds. The molecular formula is C12H11BrClN3. The maximum absolute atomic E-state index is 5.96. The van der Waals surface area contributed by atoms with Crippen LogP contribution in [0.1, 0.15) is 5.69 Å². The molecule has 0 unspecified atom stereocenters. The van der Waals surface area contributed by atoms with Gasteiger partial charge in [-0.2, -0.15) is 0 Å². The van der Waals surface area contributed by atoms with Gasteiger partial charge in [0.05, 0.1) is 5.02 Å². The van der Waals surface area contributed by atoms with Crippen LogP contribution >= 0.6 is 27.5 Å². The van der Waals surface area contributed by atoms with Crippen LogP contribution in [-0.2, 0) is 0 Å². The first kappa shape index (κ1) is 12.3. The summed E-state index contributed by atoms with van der Waals surface area (Å²) in [6.45, 7) is 1.94. The van der Waals surface area contributed by atoms with Crippen LogP contribution in [0, 0.1) is 6.92 Å². The maximum Gasteiger partial charge on any atom is 0.161 e. The van der Waals surface area contributed by atoms with Gasteiger partial charge < -0.3 is 5.32 Å². The Kier molecular flexibility index (Phi) is 3.64. The minimum Gasteiger partial charge on any atom is -0.373 e. The molecule has 2 rings (SSSR count). The van der Waals surface area contributed by atoms with Crippen molar-refractivity contribution < 1.29 is 0 Å². The summed E-state index contributed by atoms with van der Waals surface area (Å²) >= 11 is 9.35. The molecule has 0 aliphatic rings. The molecule has 1 N–H and O–H groups in total. The SMILES string of the molecule is CNc1cc(C)nc(-c2ccc(Cl)c(Br)c2)n1. The number of anilines is 1. The lowest BCUT2D eigenvalue weighted by Crippen LogP contribution is -1.98. The molecule has 3 nitrogen and oxygen atoms in total. The van der Waals surface area contributed by atoms with E-state index in [9.17, 15) is 0 Å². The van der Waals surface area contributed by atoms with Crippen LogP contribution in [0.25, 0.3) is 11.4 Å². The number of aryl methyl sites for hydroxylation is 1. The minimum atomic E-state index is 0.676. The molecule has 0 aliphatic carbocycles. The third-order valence-corrected chi connectivity index (χ3v) is 3.50. The molecule has 0 radical (unpaired) electrons. The van der Waals surface area contributed by atoms with Crippen molar-refractivity contribution in [2.24, 2.45) is 0 Å². The van der Waals surface area contributed by atoms with Crippen LogP contribution < -0.4 is 5.32 Å². The van der Waals surface area contributed by atoms with E-state index in [0.29, 0.717) is 10.8 Å². The number of rotatable bonds is 2. The van der Waals surface area contributed by atoms with Crippen molar-refractivity contribution in [1.29, 1.82) is 0 Å². The van der Waals surface area contributed by atoms with Gasteiger partial charge in [-0.1, -0.05) is 11.6 Å². The summed E-state index contributed by atoms with van der Waals surface area (Å²) in [5, 5.41) is 3.69. The summed E-state index contributed by atoms with van der Waals surface area (Å²) < 4.78 is 0.841. The average Bonchev–Trinajstić information content (AvgIpc) is 2.32. The van der Waals surface area contributed by atoms with Gasteiger partial charge in [-0.05, 0) is 41.1 Å². The predicted octanol–water partition coefficient (Wildman–Crippen LogP) is 3.91. The topological polar surface area (TPSA) is 37.8 Å². The van der Waals surface area contributed by atoms with Crippen molar-refractivity contribution in [2.75, 3.05) is 12.4 Å². The van der Waals surface area contributed by atoms with Crippen molar-refractivity contribution in [1.82, 2.24) is 9.97 Å². The van der Waals surface area contributed by atoms with E-state index in [1.807, 2.05) is 38.2 Å². The molecule has 0 bridgehead atoms. The van der Waals surface area contributed by atoms with Crippen molar-refractivity contribution in [2.45, 2.75) is 6.92 Å². The van der Waals surface area contributed by atoms with Crippen molar-refractivity contribution in [3.8, 4) is 11.4 Å². The van der Waals surface area contributed by atoms with Gasteiger partial charge in [0.2, 0.25) is 0 Å². The van der Waals surface area contributed by atoms with E-state index in [2.05, 4.69) is 31.2 Å². The van der Waals surface area contributed by atoms with E-state index in [-0.39, 0.29) is 0 Å². The van der Waals surface area contributed by atoms with Gasteiger partial charge >= 0.3 is 0 Å². The summed E-state index contributed by atoms with van der Waals surface area (Å²) in [5.74, 6) is 1.49. The Hall–Kier alpha value is -1.13. The number of halogens is 2. The third kappa shape index (κ3) is 2.76. The normalized spacial score (nSPS) is 10.4. The highest BCUT2D eigenvalue weighted by atomic mass is 79.9. The summed E-state index contributed by atoms with van der Waals surface area (Å²) in [7, 11) is 1.84. The average molecular weight is 313 g/mol. The molecule has 17 heavy (non-hydrogen) atoms. The van der Waals surface area contributed by atoms with Crippen LogP contribution in [0.2, 0.25) is 5.02 Å². The zero-order valence-corrected chi connectivity index (χ0v) is 11.8. The van der Waals surface area contributed by atoms with Gasteiger partial charge in [0.25, 0.3) is 0 Å². The van der Waals surface area contributed by atoms with Crippen LogP contribution in [0.3, 0.4) is 0 Å². The second-order valence-electron chi connectivity index (χ2n) is 3.60. The standard InChI is InChI=1S/C12H11BrClN3/c1-7-5-11(15-2)17-12(16-7)8-3-4-10(14)9(13)6-8/h3-6H,1-2H3,(H,15,16,17). The zero-order valence-electron chi connectivity index (χ0n) is 9.46. The van der Waals surface area contributed by atoms with Gasteiger partial charge in [-0.15, -0.1) is 0 Å². The molecule has 2 aromatic rings. The molecule has 0 spiro atoms. The number of hydrogen-bond acceptors (Lipinski definition) is 3. The lowest BCUT2D eigenvalue weighted by molar-refractivity contribution is 1.11. The molecule has 0 saturated carbocycles. The second kappa shape index (κ2) is 5.02. The lowest BCUT2D eigenvalue weighted by Gasteiger charge is -2.06. The summed E-state index contributed by atoms with van der Waals surface area (Å²) in [6.07, 6.45) is 0. The second-order valence-corrected chi connectivity index (χ2v) is 4.86. The maximum atomic E-state index is 5.96. The summed E-state index contributed by atoms with van der Waals surface area (Å²) in [4.78, 5) is 8.81. The molecule has 0 fully saturated rings. The number of nitrogens with zero attached hydrogens (tertiary/aromatic N) is 2. The molecule has 88 valence electrons. The molecule has 1 aromatic carbocycles. The van der Waals surface area contributed by atoms with Crippen LogP contribution in [-0.4, -0.2) is 17.0 Å². The molecule has 0 saturated heterocycles. The van der Waals surface area contributed by atoms with Gasteiger partial charge in [-0.25, -0.2) is 9.97 Å². The van der Waals surface area contributed by atoms with E-state index in [4.69, 9.17) is 11.6 Å². The van der Waals surface area contributed by atoms with Crippen LogP contribution in [0.4, 0.5) is 5.82 Å². The highest BCUT2D eigenvalue weighted by Gasteiger charge is 2.06. The monoisotopic (exact) mass is 311 g/mol. The highest BCUT2D eigenvalue weighted by Crippen LogP contribution is 2.27. The number of benzene rings is 1. The Balaban J connectivity index is 2.52. The largest absolute Gasteiger partial charge is 0.373 e. The van der Waals surface area contributed by atoms with E-state index in [1.165, 1.54) is 0 Å². The first-order chi connectivity index (χ1) is 8.10. The van der Waals surface area contributed by atoms with Crippen LogP contribution in [0.15, 0.2) is 28.7 Å². The molecule has 5 heteroatoms. The van der Waals surface area contributed by atoms with Crippen LogP contribution in [0.5, 0.6) is 0 Å². The predicted molar refractivity (Wildman–Crippen MR) is 74.5 cm³/mol. The minimum absolute atomic E-state index is 0.676. The first-order valence-electron chi connectivity index (χ1n) is 5.09. The molecule has 0 atom stereocenters. The smallest absolute Gasteiger partial charge is 0.161 e. The Morgan fingerprint density at radius 2 is 2.00 bits per heavy atom. The fourth-order valence-corrected chi connectivity index (χ4v) is 1.96. The Morgan fingerprint density at radius 1 is 1.24 bits per heavy atom. The van der Waals surface area contributed by atoms with Crippen molar-refractivity contribution in [3.05, 3.63) is 39.5 Å². The van der Waals surface area contributed by atoms with E-state index >= 15 is 0 Å². The Morgan fingerprint density at radius 3 is 2.65 bits per heavy atom. The van der Waals surface area contributed by atoms with Crippen molar-refractivity contribution >= 4 is 33.3 Å². The third-order valence-electron chi connectivity index (χ3n) is 2.29. The number of hydrogen-bond donors (Lipinski definition) is 1. The number of nitrogens with one attached hydrogen (secondary N) is 1. The Labute approximate surface area is 113 Å². The Bertz CT molecular complexity index is 557.